The van der Waals surface area contributed by atoms with Crippen LogP contribution in [0.3, 0.4) is 0 Å². The number of allylic oxidation sites excluding steroid dienone is 8. The maximum Gasteiger partial charge on any atom is 0.306 e. The molecule has 2 fully saturated rings. The summed E-state index contributed by atoms with van der Waals surface area (Å²) in [5.74, 6) is -0.373. The van der Waals surface area contributed by atoms with E-state index in [1.54, 1.807) is 0 Å². The Morgan fingerprint density at radius 2 is 0.774 bits per heavy atom. The molecular formula is C70H128O14. The molecule has 2 aliphatic rings. The van der Waals surface area contributed by atoms with Crippen LogP contribution < -0.4 is 0 Å². The van der Waals surface area contributed by atoms with Crippen molar-refractivity contribution in [2.75, 3.05) is 33.0 Å². The number of aliphatic hydroxyl groups is 7. The molecule has 0 spiro atoms. The molecule has 11 unspecified atom stereocenters. The van der Waals surface area contributed by atoms with Crippen molar-refractivity contribution >= 4 is 5.97 Å². The lowest BCUT2D eigenvalue weighted by atomic mass is 9.98. The SMILES string of the molecule is CC/C=C\C/C=C\C/C=C\C/C=C\CCCCCCCCCCCCCCC(=O)OC(COCCCCCCCCCCCCCCCCCCCCCCCCCCC)COC1OC(COC2OC(CO)C(O)C(O)C2O)C(O)C(O)C1O. The first-order valence-corrected chi connectivity index (χ1v) is 34.7. The number of esters is 1. The molecule has 14 nitrogen and oxygen atoms in total. The van der Waals surface area contributed by atoms with Crippen LogP contribution in [0.15, 0.2) is 48.6 Å². The number of hydrogen-bond donors (Lipinski definition) is 7. The molecule has 0 aromatic carbocycles. The Balaban J connectivity index is 1.63. The van der Waals surface area contributed by atoms with E-state index in [9.17, 15) is 40.5 Å². The van der Waals surface area contributed by atoms with Crippen molar-refractivity contribution in [1.29, 1.82) is 0 Å². The summed E-state index contributed by atoms with van der Waals surface area (Å²) in [6.45, 7) is 3.64. The maximum absolute atomic E-state index is 13.2. The molecule has 0 aromatic heterocycles. The van der Waals surface area contributed by atoms with Crippen molar-refractivity contribution in [3.05, 3.63) is 48.6 Å². The second-order valence-electron chi connectivity index (χ2n) is 24.3. The van der Waals surface area contributed by atoms with Gasteiger partial charge in [-0.25, -0.2) is 0 Å². The Bertz CT molecular complexity index is 1570. The van der Waals surface area contributed by atoms with Gasteiger partial charge in [0.1, 0.15) is 54.9 Å². The van der Waals surface area contributed by atoms with Gasteiger partial charge in [0.15, 0.2) is 12.6 Å². The largest absolute Gasteiger partial charge is 0.457 e. The van der Waals surface area contributed by atoms with Crippen molar-refractivity contribution < 1.29 is 69.0 Å². The van der Waals surface area contributed by atoms with Crippen LogP contribution in [-0.4, -0.2) is 142 Å². The number of aliphatic hydroxyl groups excluding tert-OH is 7. The molecule has 2 heterocycles. The van der Waals surface area contributed by atoms with Gasteiger partial charge in [0.25, 0.3) is 0 Å². The lowest BCUT2D eigenvalue weighted by Gasteiger charge is -2.42. The fourth-order valence-corrected chi connectivity index (χ4v) is 11.1. The van der Waals surface area contributed by atoms with E-state index in [-0.39, 0.29) is 25.6 Å². The summed E-state index contributed by atoms with van der Waals surface area (Å²) >= 11 is 0. The molecule has 2 rings (SSSR count). The van der Waals surface area contributed by atoms with Crippen molar-refractivity contribution in [2.45, 2.75) is 357 Å². The van der Waals surface area contributed by atoms with Crippen LogP contribution in [0, 0.1) is 0 Å². The summed E-state index contributed by atoms with van der Waals surface area (Å²) < 4.78 is 34.6. The molecule has 0 bridgehead atoms. The van der Waals surface area contributed by atoms with Gasteiger partial charge in [-0.3, -0.25) is 4.79 Å². The zero-order chi connectivity index (χ0) is 60.8. The summed E-state index contributed by atoms with van der Waals surface area (Å²) in [7, 11) is 0. The average Bonchev–Trinajstić information content (AvgIpc) is 3.67. The molecule has 0 radical (unpaired) electrons. The zero-order valence-corrected chi connectivity index (χ0v) is 53.4. The minimum absolute atomic E-state index is 0.0643. The Hall–Kier alpha value is -2.05. The molecule has 2 saturated heterocycles. The third-order valence-corrected chi connectivity index (χ3v) is 16.6. The monoisotopic (exact) mass is 1190 g/mol. The van der Waals surface area contributed by atoms with Crippen LogP contribution in [0.2, 0.25) is 0 Å². The molecule has 0 saturated carbocycles. The summed E-state index contributed by atoms with van der Waals surface area (Å²) in [5.41, 5.74) is 0. The number of unbranched alkanes of at least 4 members (excludes halogenated alkanes) is 36. The smallest absolute Gasteiger partial charge is 0.306 e. The minimum atomic E-state index is -1.71. The first-order valence-electron chi connectivity index (χ1n) is 34.7. The fraction of sp³-hybridized carbons (Fsp3) is 0.871. The van der Waals surface area contributed by atoms with E-state index < -0.39 is 80.7 Å². The lowest BCUT2D eigenvalue weighted by molar-refractivity contribution is -0.332. The summed E-state index contributed by atoms with van der Waals surface area (Å²) in [5, 5.41) is 72.6. The molecule has 11 atom stereocenters. The topological polar surface area (TPSA) is 214 Å². The van der Waals surface area contributed by atoms with E-state index >= 15 is 0 Å². The molecule has 7 N–H and O–H groups in total. The summed E-state index contributed by atoms with van der Waals surface area (Å²) in [4.78, 5) is 13.2. The Kier molecular flexibility index (Phi) is 52.2. The molecule has 492 valence electrons. The van der Waals surface area contributed by atoms with Gasteiger partial charge in [-0.2, -0.15) is 0 Å². The highest BCUT2D eigenvalue weighted by Crippen LogP contribution is 2.27. The molecule has 0 amide bonds. The Morgan fingerprint density at radius 3 is 1.21 bits per heavy atom. The van der Waals surface area contributed by atoms with Crippen molar-refractivity contribution in [1.82, 2.24) is 0 Å². The van der Waals surface area contributed by atoms with Crippen molar-refractivity contribution in [3.63, 3.8) is 0 Å². The summed E-state index contributed by atoms with van der Waals surface area (Å²) in [6.07, 6.45) is 54.7. The van der Waals surface area contributed by atoms with Gasteiger partial charge in [0, 0.05) is 13.0 Å². The van der Waals surface area contributed by atoms with E-state index in [0.717, 1.165) is 70.6 Å². The number of hydrogen-bond acceptors (Lipinski definition) is 14. The first kappa shape index (κ1) is 78.0. The molecule has 84 heavy (non-hydrogen) atoms. The molecule has 0 aliphatic carbocycles. The predicted molar refractivity (Wildman–Crippen MR) is 339 cm³/mol. The lowest BCUT2D eigenvalue weighted by Crippen LogP contribution is -2.61. The van der Waals surface area contributed by atoms with Gasteiger partial charge >= 0.3 is 5.97 Å². The highest BCUT2D eigenvalue weighted by atomic mass is 16.7. The third kappa shape index (κ3) is 41.2. The quantitative estimate of drug-likeness (QED) is 0.0171. The van der Waals surface area contributed by atoms with Crippen LogP contribution in [0.25, 0.3) is 0 Å². The second kappa shape index (κ2) is 56.2. The zero-order valence-electron chi connectivity index (χ0n) is 53.4. The third-order valence-electron chi connectivity index (χ3n) is 16.6. The van der Waals surface area contributed by atoms with E-state index in [0.29, 0.717) is 13.0 Å². The van der Waals surface area contributed by atoms with Crippen LogP contribution in [-0.2, 0) is 33.2 Å². The van der Waals surface area contributed by atoms with Gasteiger partial charge in [-0.1, -0.05) is 281 Å². The van der Waals surface area contributed by atoms with E-state index in [4.69, 9.17) is 28.4 Å². The van der Waals surface area contributed by atoms with Gasteiger partial charge in [-0.05, 0) is 51.4 Å². The van der Waals surface area contributed by atoms with E-state index in [1.807, 2.05) is 0 Å². The number of rotatable bonds is 58. The van der Waals surface area contributed by atoms with Gasteiger partial charge in [0.2, 0.25) is 0 Å². The highest BCUT2D eigenvalue weighted by molar-refractivity contribution is 5.69. The maximum atomic E-state index is 13.2. The van der Waals surface area contributed by atoms with Crippen LogP contribution in [0.4, 0.5) is 0 Å². The Labute approximate surface area is 512 Å². The molecule has 2 aliphatic heterocycles. The fourth-order valence-electron chi connectivity index (χ4n) is 11.1. The number of ether oxygens (including phenoxy) is 6. The Morgan fingerprint density at radius 1 is 0.405 bits per heavy atom. The summed E-state index contributed by atoms with van der Waals surface area (Å²) in [6, 6.07) is 0. The van der Waals surface area contributed by atoms with Crippen LogP contribution >= 0.6 is 0 Å². The molecular weight excluding hydrogens is 1060 g/mol. The molecule has 0 aromatic rings. The number of carbonyl (C=O) groups excluding carboxylic acids is 1. The highest BCUT2D eigenvalue weighted by Gasteiger charge is 2.47. The van der Waals surface area contributed by atoms with Gasteiger partial charge in [-0.15, -0.1) is 0 Å². The molecule has 14 heteroatoms. The van der Waals surface area contributed by atoms with Crippen molar-refractivity contribution in [2.24, 2.45) is 0 Å². The van der Waals surface area contributed by atoms with Gasteiger partial charge in [0.05, 0.1) is 26.4 Å². The van der Waals surface area contributed by atoms with Gasteiger partial charge < -0.3 is 64.2 Å². The second-order valence-corrected chi connectivity index (χ2v) is 24.3. The van der Waals surface area contributed by atoms with Crippen LogP contribution in [0.5, 0.6) is 0 Å². The van der Waals surface area contributed by atoms with Crippen LogP contribution in [0.1, 0.15) is 290 Å². The van der Waals surface area contributed by atoms with Crippen molar-refractivity contribution in [3.8, 4) is 0 Å². The van der Waals surface area contributed by atoms with E-state index in [2.05, 4.69) is 62.5 Å². The normalized spacial score (nSPS) is 23.5. The number of carbonyl (C=O) groups is 1. The first-order chi connectivity index (χ1) is 41.1. The minimum Gasteiger partial charge on any atom is -0.457 e. The van der Waals surface area contributed by atoms with E-state index in [1.165, 1.54) is 193 Å². The standard InChI is InChI=1S/C70H128O14/c1-3-5-7-9-11-13-15-17-19-21-23-25-27-29-31-33-35-37-39-41-43-45-47-49-51-53-62(72)82-59(57-80-69-68(78)66(76)64(74)61(84-69)58-81-70-67(77)65(75)63(73)60(55-71)83-70)56-79-54-52-50-48-46-44-42-40-38-36-34-32-30-28-26-24-22-20-18-16-14-12-10-8-6-4-2/h5,7,11,13,17,19,23,25,59-61,63-71,73-78H,3-4,6,8-10,12,14-16,18,20-22,24,26-58H2,1-2H3/b7-5-,13-11-,19-17-,25-23-. The average molecular weight is 1190 g/mol. The predicted octanol–water partition coefficient (Wildman–Crippen LogP) is 14.6.